The molecule has 0 heterocycles. The molecule has 1 rings (SSSR count). The second-order valence-corrected chi connectivity index (χ2v) is 3.19. The van der Waals surface area contributed by atoms with E-state index < -0.39 is 11.6 Å². The summed E-state index contributed by atoms with van der Waals surface area (Å²) in [6.07, 6.45) is 0. The quantitative estimate of drug-likeness (QED) is 0.737. The number of hydrogen-bond acceptors (Lipinski definition) is 4. The zero-order valence-electron chi connectivity index (χ0n) is 9.04. The molecule has 1 aromatic carbocycles. The first-order chi connectivity index (χ1) is 8.19. The lowest BCUT2D eigenvalue weighted by Crippen LogP contribution is -2.13. The fourth-order valence-corrected chi connectivity index (χ4v) is 1.22. The summed E-state index contributed by atoms with van der Waals surface area (Å²) in [4.78, 5) is 0. The number of aliphatic hydroxyl groups excluding tert-OH is 1. The van der Waals surface area contributed by atoms with Gasteiger partial charge in [0.15, 0.2) is 11.6 Å². The Bertz CT molecular complexity index is 395. The molecular weight excluding hydrogens is 230 g/mol. The standard InChI is InChI=1S/C11H12F2N2O2/c12-9-5-8(7-14)6-10(13)11(9)15-1-3-17-4-2-16/h5-6,15-16H,1-4H2. The molecule has 6 heteroatoms. The molecule has 0 aromatic heterocycles. The predicted molar refractivity (Wildman–Crippen MR) is 57.5 cm³/mol. The van der Waals surface area contributed by atoms with Gasteiger partial charge in [-0.25, -0.2) is 8.78 Å². The number of aliphatic hydroxyl groups is 1. The van der Waals surface area contributed by atoms with Gasteiger partial charge in [-0.1, -0.05) is 0 Å². The fourth-order valence-electron chi connectivity index (χ4n) is 1.22. The van der Waals surface area contributed by atoms with E-state index in [0.717, 1.165) is 12.1 Å². The summed E-state index contributed by atoms with van der Waals surface area (Å²) in [5, 5.41) is 19.5. The van der Waals surface area contributed by atoms with Gasteiger partial charge in [-0.3, -0.25) is 0 Å². The first-order valence-corrected chi connectivity index (χ1v) is 5.00. The van der Waals surface area contributed by atoms with Gasteiger partial charge in [-0.05, 0) is 12.1 Å². The minimum absolute atomic E-state index is 0.0675. The summed E-state index contributed by atoms with van der Waals surface area (Å²) >= 11 is 0. The van der Waals surface area contributed by atoms with E-state index >= 15 is 0 Å². The molecule has 0 aliphatic rings. The maximum absolute atomic E-state index is 13.3. The van der Waals surface area contributed by atoms with Crippen molar-refractivity contribution in [3.8, 4) is 6.07 Å². The van der Waals surface area contributed by atoms with Crippen molar-refractivity contribution in [3.05, 3.63) is 29.3 Å². The van der Waals surface area contributed by atoms with Crippen LogP contribution in [0.3, 0.4) is 0 Å². The summed E-state index contributed by atoms with van der Waals surface area (Å²) in [5.74, 6) is -1.63. The van der Waals surface area contributed by atoms with Crippen molar-refractivity contribution in [3.63, 3.8) is 0 Å². The van der Waals surface area contributed by atoms with Gasteiger partial charge in [0.1, 0.15) is 5.69 Å². The number of anilines is 1. The van der Waals surface area contributed by atoms with E-state index in [4.69, 9.17) is 15.1 Å². The smallest absolute Gasteiger partial charge is 0.150 e. The lowest BCUT2D eigenvalue weighted by atomic mass is 10.2. The van der Waals surface area contributed by atoms with E-state index in [1.165, 1.54) is 0 Å². The molecule has 1 aromatic rings. The highest BCUT2D eigenvalue weighted by Gasteiger charge is 2.10. The van der Waals surface area contributed by atoms with Gasteiger partial charge in [0.05, 0.1) is 31.5 Å². The molecule has 0 atom stereocenters. The molecule has 17 heavy (non-hydrogen) atoms. The topological polar surface area (TPSA) is 65.3 Å². The Morgan fingerprint density at radius 2 is 1.94 bits per heavy atom. The normalized spacial score (nSPS) is 10.0. The van der Waals surface area contributed by atoms with E-state index in [0.29, 0.717) is 0 Å². The van der Waals surface area contributed by atoms with Crippen LogP contribution in [0.15, 0.2) is 12.1 Å². The molecule has 0 unspecified atom stereocenters. The lowest BCUT2D eigenvalue weighted by molar-refractivity contribution is 0.0991. The van der Waals surface area contributed by atoms with E-state index in [-0.39, 0.29) is 37.6 Å². The van der Waals surface area contributed by atoms with Gasteiger partial charge in [-0.15, -0.1) is 0 Å². The molecular formula is C11H12F2N2O2. The molecule has 0 bridgehead atoms. The van der Waals surface area contributed by atoms with Crippen LogP contribution in [0.1, 0.15) is 5.56 Å². The minimum Gasteiger partial charge on any atom is -0.394 e. The number of benzene rings is 1. The fraction of sp³-hybridized carbons (Fsp3) is 0.364. The summed E-state index contributed by atoms with van der Waals surface area (Å²) in [6.45, 7) is 0.513. The van der Waals surface area contributed by atoms with Crippen LogP contribution in [0.2, 0.25) is 0 Å². The molecule has 0 radical (unpaired) electrons. The molecule has 4 nitrogen and oxygen atoms in total. The van der Waals surface area contributed by atoms with Gasteiger partial charge < -0.3 is 15.2 Å². The second-order valence-electron chi connectivity index (χ2n) is 3.19. The Balaban J connectivity index is 2.57. The number of nitriles is 1. The van der Waals surface area contributed by atoms with Crippen molar-refractivity contribution in [2.24, 2.45) is 0 Å². The van der Waals surface area contributed by atoms with Crippen molar-refractivity contribution in [1.29, 1.82) is 5.26 Å². The molecule has 0 amide bonds. The largest absolute Gasteiger partial charge is 0.394 e. The Morgan fingerprint density at radius 3 is 2.47 bits per heavy atom. The number of halogens is 2. The Labute approximate surface area is 97.4 Å². The number of ether oxygens (including phenoxy) is 1. The van der Waals surface area contributed by atoms with Crippen LogP contribution >= 0.6 is 0 Å². The van der Waals surface area contributed by atoms with Gasteiger partial charge >= 0.3 is 0 Å². The molecule has 0 aliphatic carbocycles. The summed E-state index contributed by atoms with van der Waals surface area (Å²) in [7, 11) is 0. The van der Waals surface area contributed by atoms with Crippen molar-refractivity contribution in [2.75, 3.05) is 31.7 Å². The van der Waals surface area contributed by atoms with E-state index in [2.05, 4.69) is 5.32 Å². The predicted octanol–water partition coefficient (Wildman–Crippen LogP) is 1.26. The Hall–Kier alpha value is -1.71. The third kappa shape index (κ3) is 3.98. The van der Waals surface area contributed by atoms with Crippen molar-refractivity contribution in [2.45, 2.75) is 0 Å². The monoisotopic (exact) mass is 242 g/mol. The third-order valence-corrected chi connectivity index (χ3v) is 1.96. The number of hydrogen-bond donors (Lipinski definition) is 2. The Morgan fingerprint density at radius 1 is 1.29 bits per heavy atom. The summed E-state index contributed by atoms with van der Waals surface area (Å²) < 4.78 is 31.6. The van der Waals surface area contributed by atoms with Gasteiger partial charge in [0.2, 0.25) is 0 Å². The molecule has 0 saturated heterocycles. The molecule has 92 valence electrons. The van der Waals surface area contributed by atoms with Crippen LogP contribution in [-0.4, -0.2) is 31.5 Å². The average Bonchev–Trinajstić information content (AvgIpc) is 2.31. The van der Waals surface area contributed by atoms with Gasteiger partial charge in [0, 0.05) is 6.54 Å². The summed E-state index contributed by atoms with van der Waals surface area (Å²) in [6, 6.07) is 3.58. The van der Waals surface area contributed by atoms with E-state index in [1.54, 1.807) is 6.07 Å². The van der Waals surface area contributed by atoms with Crippen molar-refractivity contribution < 1.29 is 18.6 Å². The number of nitrogens with zero attached hydrogens (tertiary/aromatic N) is 1. The minimum atomic E-state index is -0.816. The maximum atomic E-state index is 13.3. The number of nitrogens with one attached hydrogen (secondary N) is 1. The first kappa shape index (κ1) is 13.4. The molecule has 0 aliphatic heterocycles. The SMILES string of the molecule is N#Cc1cc(F)c(NCCOCCO)c(F)c1. The highest BCUT2D eigenvalue weighted by atomic mass is 19.1. The van der Waals surface area contributed by atoms with E-state index in [1.807, 2.05) is 0 Å². The van der Waals surface area contributed by atoms with Crippen LogP contribution < -0.4 is 5.32 Å². The van der Waals surface area contributed by atoms with Crippen molar-refractivity contribution in [1.82, 2.24) is 0 Å². The maximum Gasteiger partial charge on any atom is 0.150 e. The highest BCUT2D eigenvalue weighted by Crippen LogP contribution is 2.20. The van der Waals surface area contributed by atoms with Crippen LogP contribution in [0.4, 0.5) is 14.5 Å². The molecule has 0 spiro atoms. The van der Waals surface area contributed by atoms with Crippen LogP contribution in [0, 0.1) is 23.0 Å². The molecule has 0 saturated carbocycles. The second kappa shape index (κ2) is 6.78. The van der Waals surface area contributed by atoms with Gasteiger partial charge in [0.25, 0.3) is 0 Å². The van der Waals surface area contributed by atoms with Crippen LogP contribution in [-0.2, 0) is 4.74 Å². The average molecular weight is 242 g/mol. The zero-order valence-corrected chi connectivity index (χ0v) is 9.04. The lowest BCUT2D eigenvalue weighted by Gasteiger charge is -2.09. The highest BCUT2D eigenvalue weighted by molar-refractivity contribution is 5.50. The summed E-state index contributed by atoms with van der Waals surface area (Å²) in [5.41, 5.74) is -0.348. The van der Waals surface area contributed by atoms with Gasteiger partial charge in [-0.2, -0.15) is 5.26 Å². The van der Waals surface area contributed by atoms with Crippen LogP contribution in [0.25, 0.3) is 0 Å². The zero-order chi connectivity index (χ0) is 12.7. The third-order valence-electron chi connectivity index (χ3n) is 1.96. The first-order valence-electron chi connectivity index (χ1n) is 5.00. The van der Waals surface area contributed by atoms with Crippen molar-refractivity contribution >= 4 is 5.69 Å². The molecule has 0 fully saturated rings. The Kier molecular flexibility index (Phi) is 5.33. The van der Waals surface area contributed by atoms with Crippen LogP contribution in [0.5, 0.6) is 0 Å². The number of rotatable bonds is 6. The molecule has 2 N–H and O–H groups in total. The van der Waals surface area contributed by atoms with E-state index in [9.17, 15) is 8.78 Å².